The van der Waals surface area contributed by atoms with Gasteiger partial charge in [0.05, 0.1) is 0 Å². The summed E-state index contributed by atoms with van der Waals surface area (Å²) in [5.41, 5.74) is 12.1. The quantitative estimate of drug-likeness (QED) is 0.491. The lowest BCUT2D eigenvalue weighted by atomic mass is 9.85. The van der Waals surface area contributed by atoms with Crippen molar-refractivity contribution in [1.29, 1.82) is 0 Å². The van der Waals surface area contributed by atoms with Gasteiger partial charge in [0.15, 0.2) is 0 Å². The average Bonchev–Trinajstić information content (AvgIpc) is 2.65. The Morgan fingerprint density at radius 1 is 0.852 bits per heavy atom. The van der Waals surface area contributed by atoms with Crippen molar-refractivity contribution in [1.82, 2.24) is 0 Å². The fourth-order valence-corrected chi connectivity index (χ4v) is 3.77. The second kappa shape index (κ2) is 8.39. The Bertz CT molecular complexity index is 957. The van der Waals surface area contributed by atoms with Crippen molar-refractivity contribution in [2.75, 3.05) is 0 Å². The van der Waals surface area contributed by atoms with E-state index in [4.69, 9.17) is 0 Å². The second-order valence-electron chi connectivity index (χ2n) is 7.75. The van der Waals surface area contributed by atoms with Crippen LogP contribution in [0.5, 0.6) is 0 Å². The molecule has 0 saturated heterocycles. The predicted octanol–water partition coefficient (Wildman–Crippen LogP) is 7.82. The van der Waals surface area contributed by atoms with E-state index in [1.807, 2.05) is 0 Å². The summed E-state index contributed by atoms with van der Waals surface area (Å²) in [5.74, 6) is 0. The van der Waals surface area contributed by atoms with Gasteiger partial charge in [-0.1, -0.05) is 77.9 Å². The van der Waals surface area contributed by atoms with Crippen molar-refractivity contribution >= 4 is 11.1 Å². The van der Waals surface area contributed by atoms with Crippen LogP contribution in [0.4, 0.5) is 0 Å². The maximum Gasteiger partial charge on any atom is -0.0106 e. The molecule has 0 N–H and O–H groups in total. The summed E-state index contributed by atoms with van der Waals surface area (Å²) in [6, 6.07) is 15.4. The molecule has 138 valence electrons. The zero-order chi connectivity index (χ0) is 19.4. The standard InChI is InChI=1S/C27H30/c1-19(2)17-18-27(24-14-9-7-12-21(24)4)26-16-10-15-25(22(26)5)23-13-8-6-11-20(23)3/h7-10,12-18H,6,11H2,1-5H3/b27-18+. The molecule has 0 spiro atoms. The van der Waals surface area contributed by atoms with Gasteiger partial charge in [-0.05, 0) is 86.4 Å². The van der Waals surface area contributed by atoms with Gasteiger partial charge in [0.2, 0.25) is 0 Å². The molecule has 1 aliphatic carbocycles. The van der Waals surface area contributed by atoms with Crippen LogP contribution in [0.2, 0.25) is 0 Å². The molecule has 0 saturated carbocycles. The maximum atomic E-state index is 2.30. The van der Waals surface area contributed by atoms with Gasteiger partial charge >= 0.3 is 0 Å². The lowest BCUT2D eigenvalue weighted by molar-refractivity contribution is 0.967. The fraction of sp³-hybridized carbons (Fsp3) is 0.259. The molecule has 2 aromatic carbocycles. The van der Waals surface area contributed by atoms with Gasteiger partial charge in [-0.3, -0.25) is 0 Å². The van der Waals surface area contributed by atoms with E-state index in [0.717, 1.165) is 12.8 Å². The highest BCUT2D eigenvalue weighted by Gasteiger charge is 2.15. The van der Waals surface area contributed by atoms with Crippen LogP contribution in [0, 0.1) is 13.8 Å². The molecule has 0 aromatic heterocycles. The first-order chi connectivity index (χ1) is 13.0. The topological polar surface area (TPSA) is 0 Å². The molecule has 0 amide bonds. The van der Waals surface area contributed by atoms with Crippen molar-refractivity contribution < 1.29 is 0 Å². The summed E-state index contributed by atoms with van der Waals surface area (Å²) in [6.45, 7) is 11.0. The van der Waals surface area contributed by atoms with Gasteiger partial charge in [0.25, 0.3) is 0 Å². The number of hydrogen-bond acceptors (Lipinski definition) is 0. The number of benzene rings is 2. The molecule has 2 aromatic rings. The van der Waals surface area contributed by atoms with Crippen LogP contribution in [-0.2, 0) is 0 Å². The molecular formula is C27H30. The molecule has 0 radical (unpaired) electrons. The third-order valence-electron chi connectivity index (χ3n) is 5.36. The SMILES string of the molecule is CC(C)=C/C=C(\c1ccccc1C)c1cccc(C2=C(C)CCC=C2)c1C. The van der Waals surface area contributed by atoms with Crippen LogP contribution >= 0.6 is 0 Å². The van der Waals surface area contributed by atoms with E-state index in [-0.39, 0.29) is 0 Å². The molecule has 0 bridgehead atoms. The Kier molecular flexibility index (Phi) is 5.96. The third kappa shape index (κ3) is 4.22. The summed E-state index contributed by atoms with van der Waals surface area (Å²) in [6.07, 6.45) is 11.4. The summed E-state index contributed by atoms with van der Waals surface area (Å²) < 4.78 is 0. The van der Waals surface area contributed by atoms with E-state index >= 15 is 0 Å². The van der Waals surface area contributed by atoms with Gasteiger partial charge in [-0.15, -0.1) is 0 Å². The zero-order valence-corrected chi connectivity index (χ0v) is 17.3. The van der Waals surface area contributed by atoms with Gasteiger partial charge in [0, 0.05) is 0 Å². The van der Waals surface area contributed by atoms with E-state index in [1.54, 1.807) is 0 Å². The highest BCUT2D eigenvalue weighted by molar-refractivity contribution is 5.88. The van der Waals surface area contributed by atoms with Crippen molar-refractivity contribution in [2.45, 2.75) is 47.5 Å². The Morgan fingerprint density at radius 3 is 2.30 bits per heavy atom. The summed E-state index contributed by atoms with van der Waals surface area (Å²) in [5, 5.41) is 0. The molecule has 0 unspecified atom stereocenters. The van der Waals surface area contributed by atoms with Gasteiger partial charge in [-0.2, -0.15) is 0 Å². The molecule has 0 heterocycles. The van der Waals surface area contributed by atoms with E-state index in [0.29, 0.717) is 0 Å². The molecule has 0 nitrogen and oxygen atoms in total. The minimum atomic E-state index is 1.16. The van der Waals surface area contributed by atoms with Crippen molar-refractivity contribution in [3.63, 3.8) is 0 Å². The zero-order valence-electron chi connectivity index (χ0n) is 17.3. The number of rotatable bonds is 4. The Morgan fingerprint density at radius 2 is 1.59 bits per heavy atom. The molecular weight excluding hydrogens is 324 g/mol. The van der Waals surface area contributed by atoms with Crippen LogP contribution in [0.25, 0.3) is 11.1 Å². The lowest BCUT2D eigenvalue weighted by Crippen LogP contribution is -2.00. The molecule has 0 fully saturated rings. The van der Waals surface area contributed by atoms with Gasteiger partial charge in [0.1, 0.15) is 0 Å². The second-order valence-corrected chi connectivity index (χ2v) is 7.75. The lowest BCUT2D eigenvalue weighted by Gasteiger charge is -2.19. The maximum absolute atomic E-state index is 2.30. The number of aryl methyl sites for hydroxylation is 1. The molecule has 0 atom stereocenters. The Hall–Kier alpha value is -2.60. The minimum absolute atomic E-state index is 1.16. The number of allylic oxidation sites excluding steroid dienone is 7. The summed E-state index contributed by atoms with van der Waals surface area (Å²) >= 11 is 0. The van der Waals surface area contributed by atoms with Crippen LogP contribution in [-0.4, -0.2) is 0 Å². The Balaban J connectivity index is 2.21. The van der Waals surface area contributed by atoms with E-state index in [2.05, 4.69) is 101 Å². The predicted molar refractivity (Wildman–Crippen MR) is 120 cm³/mol. The van der Waals surface area contributed by atoms with E-state index in [9.17, 15) is 0 Å². The van der Waals surface area contributed by atoms with Crippen LogP contribution < -0.4 is 0 Å². The van der Waals surface area contributed by atoms with Gasteiger partial charge in [-0.25, -0.2) is 0 Å². The molecule has 0 heteroatoms. The molecule has 27 heavy (non-hydrogen) atoms. The highest BCUT2D eigenvalue weighted by atomic mass is 14.2. The molecule has 3 rings (SSSR count). The first-order valence-electron chi connectivity index (χ1n) is 9.87. The third-order valence-corrected chi connectivity index (χ3v) is 5.36. The first-order valence-corrected chi connectivity index (χ1v) is 9.87. The van der Waals surface area contributed by atoms with Crippen molar-refractivity contribution in [3.8, 4) is 0 Å². The summed E-state index contributed by atoms with van der Waals surface area (Å²) in [7, 11) is 0. The molecule has 1 aliphatic rings. The monoisotopic (exact) mass is 354 g/mol. The fourth-order valence-electron chi connectivity index (χ4n) is 3.77. The van der Waals surface area contributed by atoms with Crippen LogP contribution in [0.1, 0.15) is 61.4 Å². The minimum Gasteiger partial charge on any atom is -0.0836 e. The van der Waals surface area contributed by atoms with Crippen molar-refractivity contribution in [3.05, 3.63) is 106 Å². The largest absolute Gasteiger partial charge is 0.0836 e. The van der Waals surface area contributed by atoms with E-state index < -0.39 is 0 Å². The van der Waals surface area contributed by atoms with Crippen LogP contribution in [0.3, 0.4) is 0 Å². The molecule has 0 aliphatic heterocycles. The van der Waals surface area contributed by atoms with Crippen molar-refractivity contribution in [2.24, 2.45) is 0 Å². The highest BCUT2D eigenvalue weighted by Crippen LogP contribution is 2.35. The van der Waals surface area contributed by atoms with Gasteiger partial charge < -0.3 is 0 Å². The number of hydrogen-bond donors (Lipinski definition) is 0. The smallest absolute Gasteiger partial charge is 0.0106 e. The normalized spacial score (nSPS) is 14.5. The van der Waals surface area contributed by atoms with Crippen LogP contribution in [0.15, 0.2) is 77.9 Å². The van der Waals surface area contributed by atoms with E-state index in [1.165, 1.54) is 50.1 Å². The average molecular weight is 355 g/mol. The first kappa shape index (κ1) is 19.2. The Labute approximate surface area is 164 Å². The summed E-state index contributed by atoms with van der Waals surface area (Å²) in [4.78, 5) is 0.